The van der Waals surface area contributed by atoms with Crippen LogP contribution in [0, 0.1) is 5.92 Å². The zero-order valence-corrected chi connectivity index (χ0v) is 15.1. The lowest BCUT2D eigenvalue weighted by Crippen LogP contribution is -2.34. The topological polar surface area (TPSA) is 38.3 Å². The van der Waals surface area contributed by atoms with Crippen LogP contribution in [0.4, 0.5) is 5.69 Å². The molecule has 136 valence electrons. The van der Waals surface area contributed by atoms with Gasteiger partial charge in [-0.2, -0.15) is 0 Å². The first kappa shape index (κ1) is 17.3. The van der Waals surface area contributed by atoms with E-state index >= 15 is 0 Å². The molecular formula is C24H23NO2. The Balaban J connectivity index is 1.56. The van der Waals surface area contributed by atoms with E-state index in [9.17, 15) is 4.79 Å². The third-order valence-electron chi connectivity index (χ3n) is 5.13. The molecule has 1 saturated heterocycles. The molecule has 3 atom stereocenters. The second-order valence-electron chi connectivity index (χ2n) is 6.92. The summed E-state index contributed by atoms with van der Waals surface area (Å²) in [6, 6.07) is 30.1. The SMILES string of the molecule is O=C1O[C@H](c2ccccc2)CC[C@@H]1[C@H](Nc1ccccc1)c1ccccc1. The number of benzene rings is 3. The lowest BCUT2D eigenvalue weighted by atomic mass is 9.85. The maximum absolute atomic E-state index is 12.9. The standard InChI is InChI=1S/C24H23NO2/c26-24-21(16-17-22(27-24)18-10-4-1-5-11-18)23(19-12-6-2-7-13-19)25-20-14-8-3-9-15-20/h1-15,21-23,25H,16-17H2/t21-,22+,23-/m1/s1. The smallest absolute Gasteiger partial charge is 0.311 e. The van der Waals surface area contributed by atoms with Crippen molar-refractivity contribution >= 4 is 11.7 Å². The molecule has 1 aliphatic rings. The third-order valence-corrected chi connectivity index (χ3v) is 5.13. The van der Waals surface area contributed by atoms with E-state index in [1.165, 1.54) is 0 Å². The molecule has 0 radical (unpaired) electrons. The van der Waals surface area contributed by atoms with Gasteiger partial charge in [0.05, 0.1) is 12.0 Å². The van der Waals surface area contributed by atoms with Crippen LogP contribution in [0.15, 0.2) is 91.0 Å². The third kappa shape index (κ3) is 4.03. The summed E-state index contributed by atoms with van der Waals surface area (Å²) in [7, 11) is 0. The summed E-state index contributed by atoms with van der Waals surface area (Å²) in [4.78, 5) is 12.9. The Morgan fingerprint density at radius 2 is 1.37 bits per heavy atom. The first-order valence-corrected chi connectivity index (χ1v) is 9.43. The van der Waals surface area contributed by atoms with Crippen LogP contribution in [0.2, 0.25) is 0 Å². The number of rotatable bonds is 5. The normalized spacial score (nSPS) is 20.5. The van der Waals surface area contributed by atoms with Crippen molar-refractivity contribution in [3.8, 4) is 0 Å². The molecule has 3 heteroatoms. The minimum atomic E-state index is -0.215. The molecule has 27 heavy (non-hydrogen) atoms. The molecule has 3 aromatic rings. The van der Waals surface area contributed by atoms with Crippen molar-refractivity contribution in [3.63, 3.8) is 0 Å². The van der Waals surface area contributed by atoms with Crippen molar-refractivity contribution < 1.29 is 9.53 Å². The van der Waals surface area contributed by atoms with Crippen LogP contribution in [0.5, 0.6) is 0 Å². The van der Waals surface area contributed by atoms with Gasteiger partial charge in [0.15, 0.2) is 0 Å². The number of anilines is 1. The number of para-hydroxylation sites is 1. The van der Waals surface area contributed by atoms with E-state index in [1.807, 2.05) is 78.9 Å². The van der Waals surface area contributed by atoms with Crippen molar-refractivity contribution in [3.05, 3.63) is 102 Å². The molecule has 0 spiro atoms. The van der Waals surface area contributed by atoms with E-state index in [1.54, 1.807) is 0 Å². The summed E-state index contributed by atoms with van der Waals surface area (Å²) in [5.41, 5.74) is 3.17. The van der Waals surface area contributed by atoms with Crippen LogP contribution in [-0.4, -0.2) is 5.97 Å². The van der Waals surface area contributed by atoms with Gasteiger partial charge in [-0.05, 0) is 36.1 Å². The highest BCUT2D eigenvalue weighted by atomic mass is 16.5. The molecule has 3 aromatic carbocycles. The first-order chi connectivity index (χ1) is 13.3. The summed E-state index contributed by atoms with van der Waals surface area (Å²) in [6.45, 7) is 0. The average molecular weight is 357 g/mol. The predicted octanol–water partition coefficient (Wildman–Crippen LogP) is 5.53. The van der Waals surface area contributed by atoms with Crippen molar-refractivity contribution in [2.75, 3.05) is 5.32 Å². The number of nitrogens with one attached hydrogen (secondary N) is 1. The molecule has 1 aliphatic heterocycles. The van der Waals surface area contributed by atoms with Gasteiger partial charge in [-0.1, -0.05) is 78.9 Å². The highest BCUT2D eigenvalue weighted by molar-refractivity contribution is 5.75. The van der Waals surface area contributed by atoms with Crippen LogP contribution < -0.4 is 5.32 Å². The minimum absolute atomic E-state index is 0.113. The summed E-state index contributed by atoms with van der Waals surface area (Å²) >= 11 is 0. The van der Waals surface area contributed by atoms with Crippen molar-refractivity contribution in [2.24, 2.45) is 5.92 Å². The van der Waals surface area contributed by atoms with E-state index < -0.39 is 0 Å². The molecule has 0 amide bonds. The Labute approximate surface area is 160 Å². The first-order valence-electron chi connectivity index (χ1n) is 9.43. The molecular weight excluding hydrogens is 334 g/mol. The quantitative estimate of drug-likeness (QED) is 0.610. The zero-order chi connectivity index (χ0) is 18.5. The molecule has 0 aromatic heterocycles. The number of ether oxygens (including phenoxy) is 1. The van der Waals surface area contributed by atoms with E-state index in [0.717, 1.165) is 29.7 Å². The lowest BCUT2D eigenvalue weighted by Gasteiger charge is -2.34. The number of carbonyl (C=O) groups excluding carboxylic acids is 1. The van der Waals surface area contributed by atoms with Crippen LogP contribution in [0.25, 0.3) is 0 Å². The second-order valence-corrected chi connectivity index (χ2v) is 6.92. The summed E-state index contributed by atoms with van der Waals surface area (Å²) in [6.07, 6.45) is 1.47. The molecule has 1 N–H and O–H groups in total. The van der Waals surface area contributed by atoms with Gasteiger partial charge in [0, 0.05) is 5.69 Å². The van der Waals surface area contributed by atoms with Gasteiger partial charge in [0.2, 0.25) is 0 Å². The summed E-state index contributed by atoms with van der Waals surface area (Å²) < 4.78 is 5.85. The van der Waals surface area contributed by atoms with E-state index in [2.05, 4.69) is 17.4 Å². The second kappa shape index (κ2) is 8.09. The summed E-state index contributed by atoms with van der Waals surface area (Å²) in [5.74, 6) is -0.347. The molecule has 1 heterocycles. The van der Waals surface area contributed by atoms with Crippen LogP contribution in [-0.2, 0) is 9.53 Å². The maximum Gasteiger partial charge on any atom is 0.311 e. The molecule has 0 bridgehead atoms. The predicted molar refractivity (Wildman–Crippen MR) is 107 cm³/mol. The number of hydrogen-bond donors (Lipinski definition) is 1. The Hall–Kier alpha value is -3.07. The van der Waals surface area contributed by atoms with Crippen molar-refractivity contribution in [2.45, 2.75) is 25.0 Å². The van der Waals surface area contributed by atoms with Crippen LogP contribution in [0.3, 0.4) is 0 Å². The van der Waals surface area contributed by atoms with Crippen molar-refractivity contribution in [1.82, 2.24) is 0 Å². The highest BCUT2D eigenvalue weighted by Crippen LogP contribution is 2.38. The average Bonchev–Trinajstić information content (AvgIpc) is 2.74. The van der Waals surface area contributed by atoms with Gasteiger partial charge in [-0.25, -0.2) is 0 Å². The molecule has 0 saturated carbocycles. The van der Waals surface area contributed by atoms with Crippen LogP contribution >= 0.6 is 0 Å². The van der Waals surface area contributed by atoms with E-state index in [4.69, 9.17) is 4.74 Å². The highest BCUT2D eigenvalue weighted by Gasteiger charge is 2.37. The number of carbonyl (C=O) groups is 1. The Morgan fingerprint density at radius 3 is 2.00 bits per heavy atom. The number of hydrogen-bond acceptors (Lipinski definition) is 3. The number of cyclic esters (lactones) is 1. The van der Waals surface area contributed by atoms with Gasteiger partial charge in [-0.15, -0.1) is 0 Å². The molecule has 4 rings (SSSR count). The van der Waals surface area contributed by atoms with Crippen LogP contribution in [0.1, 0.15) is 36.1 Å². The Bertz CT molecular complexity index is 865. The molecule has 0 aliphatic carbocycles. The van der Waals surface area contributed by atoms with Gasteiger partial charge in [0.1, 0.15) is 6.10 Å². The fraction of sp³-hybridized carbons (Fsp3) is 0.208. The van der Waals surface area contributed by atoms with Gasteiger partial charge in [-0.3, -0.25) is 4.79 Å². The Morgan fingerprint density at radius 1 is 0.778 bits per heavy atom. The zero-order valence-electron chi connectivity index (χ0n) is 15.1. The maximum atomic E-state index is 12.9. The monoisotopic (exact) mass is 357 g/mol. The van der Waals surface area contributed by atoms with E-state index in [-0.39, 0.29) is 24.0 Å². The number of esters is 1. The fourth-order valence-electron chi connectivity index (χ4n) is 3.73. The largest absolute Gasteiger partial charge is 0.457 e. The molecule has 0 unspecified atom stereocenters. The lowest BCUT2D eigenvalue weighted by molar-refractivity contribution is -0.161. The molecule has 1 fully saturated rings. The Kier molecular flexibility index (Phi) is 5.20. The minimum Gasteiger partial charge on any atom is -0.457 e. The fourth-order valence-corrected chi connectivity index (χ4v) is 3.73. The van der Waals surface area contributed by atoms with E-state index in [0.29, 0.717) is 0 Å². The summed E-state index contributed by atoms with van der Waals surface area (Å²) in [5, 5.41) is 3.55. The molecule has 3 nitrogen and oxygen atoms in total. The van der Waals surface area contributed by atoms with Gasteiger partial charge in [0.25, 0.3) is 0 Å². The van der Waals surface area contributed by atoms with Crippen molar-refractivity contribution in [1.29, 1.82) is 0 Å². The van der Waals surface area contributed by atoms with Gasteiger partial charge < -0.3 is 10.1 Å². The van der Waals surface area contributed by atoms with Gasteiger partial charge >= 0.3 is 5.97 Å².